The van der Waals surface area contributed by atoms with Crippen LogP contribution in [0.3, 0.4) is 0 Å². The molecule has 0 radical (unpaired) electrons. The first-order chi connectivity index (χ1) is 7.02. The molecule has 4 heteroatoms. The predicted molar refractivity (Wildman–Crippen MR) is 63.5 cm³/mol. The molecule has 2 N–H and O–H groups in total. The van der Waals surface area contributed by atoms with Gasteiger partial charge in [-0.15, -0.1) is 11.3 Å². The van der Waals surface area contributed by atoms with Crippen molar-refractivity contribution in [2.45, 2.75) is 20.8 Å². The molecule has 1 aromatic heterocycles. The number of carbonyl (C=O) groups is 1. The molecule has 1 atom stereocenters. The largest absolute Gasteiger partial charge is 0.481 e. The first-order valence-corrected chi connectivity index (χ1v) is 5.91. The van der Waals surface area contributed by atoms with E-state index in [0.29, 0.717) is 6.54 Å². The maximum absolute atomic E-state index is 10.9. The minimum Gasteiger partial charge on any atom is -0.481 e. The average Bonchev–Trinajstić information content (AvgIpc) is 2.51. The third kappa shape index (κ3) is 3.23. The van der Waals surface area contributed by atoms with Crippen LogP contribution in [0.5, 0.6) is 0 Å². The van der Waals surface area contributed by atoms with Gasteiger partial charge in [0.05, 0.1) is 10.9 Å². The zero-order valence-electron chi connectivity index (χ0n) is 9.28. The summed E-state index contributed by atoms with van der Waals surface area (Å²) in [5.74, 6) is -0.909. The second kappa shape index (κ2) is 5.16. The number of aryl methyl sites for hydroxylation is 1. The van der Waals surface area contributed by atoms with Crippen molar-refractivity contribution in [2.75, 3.05) is 11.9 Å². The highest BCUT2D eigenvalue weighted by atomic mass is 32.1. The lowest BCUT2D eigenvalue weighted by molar-refractivity contribution is -0.142. The maximum Gasteiger partial charge on any atom is 0.308 e. The molecule has 1 heterocycles. The summed E-state index contributed by atoms with van der Waals surface area (Å²) in [6.45, 7) is 6.38. The highest BCUT2D eigenvalue weighted by Crippen LogP contribution is 2.23. The van der Waals surface area contributed by atoms with Crippen molar-refractivity contribution in [3.05, 3.63) is 17.0 Å². The molecule has 0 amide bonds. The van der Waals surface area contributed by atoms with Crippen molar-refractivity contribution in [1.82, 2.24) is 0 Å². The summed E-state index contributed by atoms with van der Waals surface area (Å²) in [6.07, 6.45) is 0. The number of thiophene rings is 1. The summed E-state index contributed by atoms with van der Waals surface area (Å²) in [4.78, 5) is 10.9. The Bertz CT molecular complexity index is 333. The zero-order valence-corrected chi connectivity index (χ0v) is 10.1. The lowest BCUT2D eigenvalue weighted by Gasteiger charge is -2.17. The fourth-order valence-electron chi connectivity index (χ4n) is 1.36. The number of aliphatic carboxylic acids is 1. The molecule has 0 saturated carbocycles. The van der Waals surface area contributed by atoms with Crippen LogP contribution in [-0.4, -0.2) is 17.6 Å². The van der Waals surface area contributed by atoms with Gasteiger partial charge in [-0.2, -0.15) is 0 Å². The molecule has 0 aromatic carbocycles. The van der Waals surface area contributed by atoms with Crippen LogP contribution in [0.2, 0.25) is 0 Å². The molecule has 1 rings (SSSR count). The van der Waals surface area contributed by atoms with E-state index < -0.39 is 5.97 Å². The van der Waals surface area contributed by atoms with E-state index in [0.717, 1.165) is 5.00 Å². The molecule has 0 bridgehead atoms. The van der Waals surface area contributed by atoms with Crippen LogP contribution in [0.1, 0.15) is 19.4 Å². The minimum absolute atomic E-state index is 0.148. The van der Waals surface area contributed by atoms with Gasteiger partial charge in [-0.1, -0.05) is 13.8 Å². The monoisotopic (exact) mass is 227 g/mol. The van der Waals surface area contributed by atoms with E-state index in [2.05, 4.69) is 5.32 Å². The minimum atomic E-state index is -0.730. The fraction of sp³-hybridized carbons (Fsp3) is 0.545. The van der Waals surface area contributed by atoms with E-state index >= 15 is 0 Å². The summed E-state index contributed by atoms with van der Waals surface area (Å²) in [5, 5.41) is 15.3. The third-order valence-electron chi connectivity index (χ3n) is 2.47. The molecule has 0 aliphatic carbocycles. The van der Waals surface area contributed by atoms with Crippen LogP contribution in [0.15, 0.2) is 11.4 Å². The number of nitrogens with one attached hydrogen (secondary N) is 1. The topological polar surface area (TPSA) is 49.3 Å². The summed E-state index contributed by atoms with van der Waals surface area (Å²) in [7, 11) is 0. The van der Waals surface area contributed by atoms with Crippen molar-refractivity contribution >= 4 is 22.3 Å². The van der Waals surface area contributed by atoms with Gasteiger partial charge in [0, 0.05) is 6.54 Å². The SMILES string of the molecule is Cc1ccsc1NCC(C(=O)O)C(C)C. The Hall–Kier alpha value is -1.03. The molecule has 0 aliphatic rings. The van der Waals surface area contributed by atoms with Gasteiger partial charge in [-0.05, 0) is 29.9 Å². The summed E-state index contributed by atoms with van der Waals surface area (Å²) >= 11 is 1.61. The lowest BCUT2D eigenvalue weighted by Crippen LogP contribution is -2.27. The van der Waals surface area contributed by atoms with E-state index in [1.165, 1.54) is 5.56 Å². The molecule has 15 heavy (non-hydrogen) atoms. The molecule has 0 fully saturated rings. The second-order valence-corrected chi connectivity index (χ2v) is 4.92. The van der Waals surface area contributed by atoms with E-state index in [4.69, 9.17) is 5.11 Å². The van der Waals surface area contributed by atoms with E-state index in [1.54, 1.807) is 11.3 Å². The zero-order chi connectivity index (χ0) is 11.4. The lowest BCUT2D eigenvalue weighted by atomic mass is 9.96. The van der Waals surface area contributed by atoms with Crippen LogP contribution < -0.4 is 5.32 Å². The Kier molecular flexibility index (Phi) is 4.15. The quantitative estimate of drug-likeness (QED) is 0.813. The number of hydrogen-bond donors (Lipinski definition) is 2. The van der Waals surface area contributed by atoms with Crippen LogP contribution >= 0.6 is 11.3 Å². The number of hydrogen-bond acceptors (Lipinski definition) is 3. The number of carboxylic acids is 1. The standard InChI is InChI=1S/C11H17NO2S/c1-7(2)9(11(13)14)6-12-10-8(3)4-5-15-10/h4-5,7,9,12H,6H2,1-3H3,(H,13,14). The number of rotatable bonds is 5. The number of anilines is 1. The molecular formula is C11H17NO2S. The Balaban J connectivity index is 2.55. The average molecular weight is 227 g/mol. The molecule has 84 valence electrons. The Morgan fingerprint density at radius 2 is 2.27 bits per heavy atom. The molecule has 0 saturated heterocycles. The normalized spacial score (nSPS) is 12.8. The van der Waals surface area contributed by atoms with Gasteiger partial charge in [0.25, 0.3) is 0 Å². The van der Waals surface area contributed by atoms with Crippen molar-refractivity contribution in [3.8, 4) is 0 Å². The van der Waals surface area contributed by atoms with Gasteiger partial charge in [0.15, 0.2) is 0 Å². The first kappa shape index (κ1) is 12.0. The molecule has 1 unspecified atom stereocenters. The van der Waals surface area contributed by atoms with E-state index in [1.807, 2.05) is 32.2 Å². The summed E-state index contributed by atoms with van der Waals surface area (Å²) < 4.78 is 0. The van der Waals surface area contributed by atoms with Gasteiger partial charge in [-0.25, -0.2) is 0 Å². The van der Waals surface area contributed by atoms with Crippen molar-refractivity contribution in [3.63, 3.8) is 0 Å². The molecule has 3 nitrogen and oxygen atoms in total. The smallest absolute Gasteiger partial charge is 0.308 e. The van der Waals surface area contributed by atoms with Crippen molar-refractivity contribution in [2.24, 2.45) is 11.8 Å². The van der Waals surface area contributed by atoms with Gasteiger partial charge in [-0.3, -0.25) is 4.79 Å². The van der Waals surface area contributed by atoms with Crippen molar-refractivity contribution in [1.29, 1.82) is 0 Å². The highest BCUT2D eigenvalue weighted by Gasteiger charge is 2.21. The first-order valence-electron chi connectivity index (χ1n) is 5.03. The Labute approximate surface area is 94.1 Å². The molecule has 0 aliphatic heterocycles. The second-order valence-electron chi connectivity index (χ2n) is 4.00. The summed E-state index contributed by atoms with van der Waals surface area (Å²) in [5.41, 5.74) is 1.17. The highest BCUT2D eigenvalue weighted by molar-refractivity contribution is 7.14. The van der Waals surface area contributed by atoms with E-state index in [9.17, 15) is 4.79 Å². The summed E-state index contributed by atoms with van der Waals surface area (Å²) in [6, 6.07) is 2.03. The van der Waals surface area contributed by atoms with E-state index in [-0.39, 0.29) is 11.8 Å². The number of carboxylic acid groups (broad SMARTS) is 1. The van der Waals surface area contributed by atoms with Crippen LogP contribution in [0.25, 0.3) is 0 Å². The van der Waals surface area contributed by atoms with Gasteiger partial charge in [0.1, 0.15) is 0 Å². The van der Waals surface area contributed by atoms with Crippen LogP contribution in [0, 0.1) is 18.8 Å². The van der Waals surface area contributed by atoms with Crippen LogP contribution in [0.4, 0.5) is 5.00 Å². The Morgan fingerprint density at radius 1 is 1.60 bits per heavy atom. The van der Waals surface area contributed by atoms with Gasteiger partial charge in [0.2, 0.25) is 0 Å². The van der Waals surface area contributed by atoms with Crippen molar-refractivity contribution < 1.29 is 9.90 Å². The Morgan fingerprint density at radius 3 is 2.67 bits per heavy atom. The molecular weight excluding hydrogens is 210 g/mol. The fourth-order valence-corrected chi connectivity index (χ4v) is 2.19. The maximum atomic E-state index is 10.9. The van der Waals surface area contributed by atoms with Gasteiger partial charge < -0.3 is 10.4 Å². The predicted octanol–water partition coefficient (Wildman–Crippen LogP) is 2.83. The molecule has 1 aromatic rings. The van der Waals surface area contributed by atoms with Crippen LogP contribution in [-0.2, 0) is 4.79 Å². The molecule has 0 spiro atoms. The third-order valence-corrected chi connectivity index (χ3v) is 3.44. The van der Waals surface area contributed by atoms with Gasteiger partial charge >= 0.3 is 5.97 Å².